The van der Waals surface area contributed by atoms with Gasteiger partial charge in [-0.15, -0.1) is 11.3 Å². The number of aromatic nitrogens is 2. The van der Waals surface area contributed by atoms with Crippen LogP contribution >= 0.6 is 11.3 Å². The summed E-state index contributed by atoms with van der Waals surface area (Å²) in [5.74, 6) is 0. The number of rotatable bonds is 5. The van der Waals surface area contributed by atoms with Crippen molar-refractivity contribution in [3.63, 3.8) is 0 Å². The molecule has 15 heavy (non-hydrogen) atoms. The Kier molecular flexibility index (Phi) is 3.53. The van der Waals surface area contributed by atoms with E-state index in [0.717, 1.165) is 24.6 Å². The molecule has 0 saturated carbocycles. The van der Waals surface area contributed by atoms with Gasteiger partial charge in [0, 0.05) is 30.0 Å². The molecule has 0 saturated heterocycles. The minimum Gasteiger partial charge on any atom is -0.311 e. The molecular weight excluding hydrogens is 206 g/mol. The van der Waals surface area contributed by atoms with Crippen molar-refractivity contribution in [3.8, 4) is 5.13 Å². The zero-order valence-corrected chi connectivity index (χ0v) is 9.63. The summed E-state index contributed by atoms with van der Waals surface area (Å²) in [5, 5.41) is 6.43. The zero-order valence-electron chi connectivity index (χ0n) is 8.81. The van der Waals surface area contributed by atoms with E-state index in [1.807, 2.05) is 11.6 Å². The van der Waals surface area contributed by atoms with Crippen LogP contribution in [-0.4, -0.2) is 16.1 Å². The molecule has 0 aliphatic carbocycles. The van der Waals surface area contributed by atoms with Gasteiger partial charge in [0.15, 0.2) is 5.13 Å². The molecule has 0 bridgehead atoms. The largest absolute Gasteiger partial charge is 0.311 e. The SMILES string of the molecule is CCCNCc1cccn1-c1nccs1. The number of hydrogen-bond donors (Lipinski definition) is 1. The maximum atomic E-state index is 4.30. The molecule has 0 aromatic carbocycles. The third kappa shape index (κ3) is 2.46. The topological polar surface area (TPSA) is 29.9 Å². The van der Waals surface area contributed by atoms with Crippen LogP contribution in [0.5, 0.6) is 0 Å². The standard InChI is InChI=1S/C11H15N3S/c1-2-5-12-9-10-4-3-7-14(10)11-13-6-8-15-11/h3-4,6-8,12H,2,5,9H2,1H3. The summed E-state index contributed by atoms with van der Waals surface area (Å²) in [4.78, 5) is 4.30. The second-order valence-electron chi connectivity index (χ2n) is 3.36. The second-order valence-corrected chi connectivity index (χ2v) is 4.23. The normalized spacial score (nSPS) is 10.7. The van der Waals surface area contributed by atoms with Crippen LogP contribution in [0.3, 0.4) is 0 Å². The first-order valence-electron chi connectivity index (χ1n) is 5.18. The minimum absolute atomic E-state index is 0.903. The summed E-state index contributed by atoms with van der Waals surface area (Å²) in [6, 6.07) is 4.19. The second kappa shape index (κ2) is 5.09. The highest BCUT2D eigenvalue weighted by Gasteiger charge is 2.03. The van der Waals surface area contributed by atoms with E-state index in [4.69, 9.17) is 0 Å². The van der Waals surface area contributed by atoms with Gasteiger partial charge in [-0.1, -0.05) is 6.92 Å². The smallest absolute Gasteiger partial charge is 0.193 e. The summed E-state index contributed by atoms with van der Waals surface area (Å²) in [7, 11) is 0. The Balaban J connectivity index is 2.09. The molecule has 0 unspecified atom stereocenters. The summed E-state index contributed by atoms with van der Waals surface area (Å²) in [5.41, 5.74) is 1.26. The molecule has 0 atom stereocenters. The van der Waals surface area contributed by atoms with Gasteiger partial charge in [-0.05, 0) is 25.1 Å². The van der Waals surface area contributed by atoms with Crippen LogP contribution in [0.4, 0.5) is 0 Å². The van der Waals surface area contributed by atoms with Crippen molar-refractivity contribution >= 4 is 11.3 Å². The van der Waals surface area contributed by atoms with E-state index in [-0.39, 0.29) is 0 Å². The molecule has 0 spiro atoms. The summed E-state index contributed by atoms with van der Waals surface area (Å²) >= 11 is 1.66. The highest BCUT2D eigenvalue weighted by molar-refractivity contribution is 7.12. The van der Waals surface area contributed by atoms with Gasteiger partial charge in [0.1, 0.15) is 0 Å². The van der Waals surface area contributed by atoms with Gasteiger partial charge in [0.05, 0.1) is 0 Å². The van der Waals surface area contributed by atoms with Crippen LogP contribution < -0.4 is 5.32 Å². The average molecular weight is 221 g/mol. The van der Waals surface area contributed by atoms with Gasteiger partial charge >= 0.3 is 0 Å². The Bertz CT molecular complexity index is 392. The molecule has 80 valence electrons. The molecule has 2 rings (SSSR count). The highest BCUT2D eigenvalue weighted by atomic mass is 32.1. The lowest BCUT2D eigenvalue weighted by molar-refractivity contribution is 0.656. The first kappa shape index (κ1) is 10.4. The van der Waals surface area contributed by atoms with Crippen LogP contribution in [0, 0.1) is 0 Å². The average Bonchev–Trinajstić information content (AvgIpc) is 2.87. The molecule has 0 radical (unpaired) electrons. The van der Waals surface area contributed by atoms with E-state index in [0.29, 0.717) is 0 Å². The van der Waals surface area contributed by atoms with Crippen LogP contribution in [0.15, 0.2) is 29.9 Å². The van der Waals surface area contributed by atoms with Crippen molar-refractivity contribution < 1.29 is 0 Å². The molecule has 1 N–H and O–H groups in total. The van der Waals surface area contributed by atoms with E-state index in [1.54, 1.807) is 11.3 Å². The van der Waals surface area contributed by atoms with Gasteiger partial charge in [-0.2, -0.15) is 0 Å². The van der Waals surface area contributed by atoms with Gasteiger partial charge in [0.25, 0.3) is 0 Å². The Morgan fingerprint density at radius 3 is 3.20 bits per heavy atom. The molecule has 2 aromatic rings. The predicted molar refractivity (Wildman–Crippen MR) is 63.4 cm³/mol. The lowest BCUT2D eigenvalue weighted by Gasteiger charge is -2.06. The first-order chi connectivity index (χ1) is 7.42. The predicted octanol–water partition coefficient (Wildman–Crippen LogP) is 2.43. The fourth-order valence-electron chi connectivity index (χ4n) is 1.48. The molecule has 0 aliphatic rings. The van der Waals surface area contributed by atoms with Crippen molar-refractivity contribution in [2.24, 2.45) is 0 Å². The quantitative estimate of drug-likeness (QED) is 0.786. The summed E-state index contributed by atoms with van der Waals surface area (Å²) < 4.78 is 2.13. The number of nitrogens with one attached hydrogen (secondary N) is 1. The molecule has 2 heterocycles. The molecular formula is C11H15N3S. The fraction of sp³-hybridized carbons (Fsp3) is 0.364. The fourth-order valence-corrected chi connectivity index (χ4v) is 2.13. The molecule has 2 aromatic heterocycles. The van der Waals surface area contributed by atoms with Crippen LogP contribution in [-0.2, 0) is 6.54 Å². The highest BCUT2D eigenvalue weighted by Crippen LogP contribution is 2.14. The van der Waals surface area contributed by atoms with Crippen molar-refractivity contribution in [2.45, 2.75) is 19.9 Å². The van der Waals surface area contributed by atoms with E-state index in [9.17, 15) is 0 Å². The lowest BCUT2D eigenvalue weighted by atomic mass is 10.4. The minimum atomic E-state index is 0.903. The lowest BCUT2D eigenvalue weighted by Crippen LogP contribution is -2.16. The van der Waals surface area contributed by atoms with E-state index in [2.05, 4.69) is 40.1 Å². The molecule has 4 heteroatoms. The molecule has 0 aliphatic heterocycles. The van der Waals surface area contributed by atoms with E-state index in [1.165, 1.54) is 5.69 Å². The third-order valence-corrected chi connectivity index (χ3v) is 2.96. The van der Waals surface area contributed by atoms with Crippen LogP contribution in [0.2, 0.25) is 0 Å². The molecule has 3 nitrogen and oxygen atoms in total. The van der Waals surface area contributed by atoms with Gasteiger partial charge in [0.2, 0.25) is 0 Å². The van der Waals surface area contributed by atoms with Crippen molar-refractivity contribution in [3.05, 3.63) is 35.6 Å². The van der Waals surface area contributed by atoms with Crippen LogP contribution in [0.25, 0.3) is 5.13 Å². The summed E-state index contributed by atoms with van der Waals surface area (Å²) in [6.45, 7) is 4.14. The Morgan fingerprint density at radius 1 is 1.53 bits per heavy atom. The number of thiazole rings is 1. The Hall–Kier alpha value is -1.13. The first-order valence-corrected chi connectivity index (χ1v) is 6.06. The monoisotopic (exact) mass is 221 g/mol. The number of nitrogens with zero attached hydrogens (tertiary/aromatic N) is 2. The van der Waals surface area contributed by atoms with Crippen LogP contribution in [0.1, 0.15) is 19.0 Å². The Labute approximate surface area is 93.8 Å². The Morgan fingerprint density at radius 2 is 2.47 bits per heavy atom. The van der Waals surface area contributed by atoms with Crippen molar-refractivity contribution in [1.29, 1.82) is 0 Å². The van der Waals surface area contributed by atoms with E-state index >= 15 is 0 Å². The van der Waals surface area contributed by atoms with Gasteiger partial charge in [-0.3, -0.25) is 4.57 Å². The maximum absolute atomic E-state index is 4.30. The molecule has 0 amide bonds. The summed E-state index contributed by atoms with van der Waals surface area (Å²) in [6.07, 6.45) is 5.06. The van der Waals surface area contributed by atoms with E-state index < -0.39 is 0 Å². The van der Waals surface area contributed by atoms with Crippen molar-refractivity contribution in [2.75, 3.05) is 6.54 Å². The maximum Gasteiger partial charge on any atom is 0.193 e. The third-order valence-electron chi connectivity index (χ3n) is 2.19. The molecule has 0 fully saturated rings. The number of hydrogen-bond acceptors (Lipinski definition) is 3. The zero-order chi connectivity index (χ0) is 10.5. The van der Waals surface area contributed by atoms with Crippen molar-refractivity contribution in [1.82, 2.24) is 14.9 Å². The van der Waals surface area contributed by atoms with Gasteiger partial charge < -0.3 is 5.32 Å². The van der Waals surface area contributed by atoms with Gasteiger partial charge in [-0.25, -0.2) is 4.98 Å².